The van der Waals surface area contributed by atoms with Crippen molar-refractivity contribution in [3.63, 3.8) is 0 Å². The minimum absolute atomic E-state index is 0.00319. The average Bonchev–Trinajstić information content (AvgIpc) is 3.46. The van der Waals surface area contributed by atoms with E-state index in [1.165, 1.54) is 0 Å². The molecule has 30 heavy (non-hydrogen) atoms. The van der Waals surface area contributed by atoms with Crippen LogP contribution in [0.3, 0.4) is 0 Å². The lowest BCUT2D eigenvalue weighted by molar-refractivity contribution is -0.124. The topological polar surface area (TPSA) is 83.8 Å². The molecule has 162 valence electrons. The maximum Gasteiger partial charge on any atom is 0.251 e. The van der Waals surface area contributed by atoms with Crippen LogP contribution in [0.1, 0.15) is 48.8 Å². The Morgan fingerprint density at radius 1 is 1.13 bits per heavy atom. The Bertz CT molecular complexity index is 811. The van der Waals surface area contributed by atoms with Crippen molar-refractivity contribution in [2.75, 3.05) is 26.7 Å². The van der Waals surface area contributed by atoms with Gasteiger partial charge in [-0.3, -0.25) is 14.5 Å². The number of hydrogen-bond donors (Lipinski definition) is 2. The fourth-order valence-electron chi connectivity index (χ4n) is 3.75. The highest BCUT2D eigenvalue weighted by molar-refractivity contribution is 5.97. The lowest BCUT2D eigenvalue weighted by Crippen LogP contribution is -2.51. The maximum atomic E-state index is 12.9. The summed E-state index contributed by atoms with van der Waals surface area (Å²) in [5.41, 5.74) is 0.486. The van der Waals surface area contributed by atoms with Gasteiger partial charge in [0.2, 0.25) is 5.91 Å². The second-order valence-electron chi connectivity index (χ2n) is 7.94. The third-order valence-corrected chi connectivity index (χ3v) is 5.51. The first-order valence-corrected chi connectivity index (χ1v) is 10.5. The van der Waals surface area contributed by atoms with E-state index in [0.29, 0.717) is 17.9 Å². The molecule has 0 spiro atoms. The van der Waals surface area contributed by atoms with Gasteiger partial charge in [-0.2, -0.15) is 0 Å². The molecule has 1 saturated heterocycles. The summed E-state index contributed by atoms with van der Waals surface area (Å²) in [5, 5.41) is 5.90. The number of furan rings is 1. The smallest absolute Gasteiger partial charge is 0.251 e. The van der Waals surface area contributed by atoms with Crippen molar-refractivity contribution in [1.29, 1.82) is 0 Å². The van der Waals surface area contributed by atoms with E-state index < -0.39 is 6.04 Å². The van der Waals surface area contributed by atoms with E-state index in [2.05, 4.69) is 15.5 Å². The van der Waals surface area contributed by atoms with Crippen molar-refractivity contribution in [3.05, 3.63) is 54.0 Å². The molecule has 1 aromatic heterocycles. The van der Waals surface area contributed by atoms with Gasteiger partial charge in [-0.05, 0) is 68.2 Å². The minimum Gasteiger partial charge on any atom is -0.497 e. The molecule has 0 radical (unpaired) electrons. The van der Waals surface area contributed by atoms with Crippen LogP contribution in [0, 0.1) is 5.92 Å². The molecule has 3 rings (SSSR count). The number of rotatable bonds is 9. The van der Waals surface area contributed by atoms with Crippen LogP contribution in [0.15, 0.2) is 47.1 Å². The van der Waals surface area contributed by atoms with Crippen molar-refractivity contribution in [2.45, 2.75) is 38.8 Å². The minimum atomic E-state index is -0.629. The number of methoxy groups -OCH3 is 1. The van der Waals surface area contributed by atoms with Crippen LogP contribution in [0.25, 0.3) is 0 Å². The summed E-state index contributed by atoms with van der Waals surface area (Å²) < 4.78 is 10.7. The number of carbonyl (C=O) groups is 2. The standard InChI is InChI=1S/C23H31N3O4/c1-16(2)21(25-22(27)17-8-10-18(29-3)11-9-17)23(28)24-15-19(20-7-6-14-30-20)26-12-4-5-13-26/h6-11,14,16,19,21H,4-5,12-13,15H2,1-3H3,(H,24,28)(H,25,27). The molecule has 7 heteroatoms. The largest absolute Gasteiger partial charge is 0.497 e. The van der Waals surface area contributed by atoms with Gasteiger partial charge in [-0.1, -0.05) is 13.8 Å². The number of likely N-dealkylation sites (tertiary alicyclic amines) is 1. The summed E-state index contributed by atoms with van der Waals surface area (Å²) >= 11 is 0. The highest BCUT2D eigenvalue weighted by Gasteiger charge is 2.29. The molecule has 2 amide bonds. The molecule has 2 unspecified atom stereocenters. The van der Waals surface area contributed by atoms with Crippen LogP contribution in [-0.2, 0) is 4.79 Å². The zero-order chi connectivity index (χ0) is 21.5. The molecule has 0 saturated carbocycles. The van der Waals surface area contributed by atoms with Crippen LogP contribution < -0.4 is 15.4 Å². The Balaban J connectivity index is 1.63. The van der Waals surface area contributed by atoms with Crippen LogP contribution in [0.4, 0.5) is 0 Å². The molecule has 2 heterocycles. The fourth-order valence-corrected chi connectivity index (χ4v) is 3.75. The molecular weight excluding hydrogens is 382 g/mol. The van der Waals surface area contributed by atoms with Crippen LogP contribution in [-0.4, -0.2) is 49.5 Å². The first-order chi connectivity index (χ1) is 14.5. The van der Waals surface area contributed by atoms with E-state index in [0.717, 1.165) is 31.7 Å². The van der Waals surface area contributed by atoms with Gasteiger partial charge in [0.05, 0.1) is 19.4 Å². The first-order valence-electron chi connectivity index (χ1n) is 10.5. The Labute approximate surface area is 177 Å². The molecule has 0 aliphatic carbocycles. The van der Waals surface area contributed by atoms with E-state index in [1.807, 2.05) is 26.0 Å². The van der Waals surface area contributed by atoms with Crippen molar-refractivity contribution in [1.82, 2.24) is 15.5 Å². The second kappa shape index (κ2) is 10.3. The molecule has 1 aromatic carbocycles. The highest BCUT2D eigenvalue weighted by atomic mass is 16.5. The van der Waals surface area contributed by atoms with Gasteiger partial charge in [-0.15, -0.1) is 0 Å². The molecule has 2 atom stereocenters. The molecule has 7 nitrogen and oxygen atoms in total. The van der Waals surface area contributed by atoms with E-state index in [1.54, 1.807) is 37.6 Å². The third-order valence-electron chi connectivity index (χ3n) is 5.51. The van der Waals surface area contributed by atoms with Gasteiger partial charge in [0.25, 0.3) is 5.91 Å². The number of nitrogens with one attached hydrogen (secondary N) is 2. The van der Waals surface area contributed by atoms with Gasteiger partial charge in [0, 0.05) is 12.1 Å². The molecular formula is C23H31N3O4. The first kappa shape index (κ1) is 21.9. The van der Waals surface area contributed by atoms with Crippen molar-refractivity contribution in [3.8, 4) is 5.75 Å². The van der Waals surface area contributed by atoms with Crippen LogP contribution >= 0.6 is 0 Å². The maximum absolute atomic E-state index is 12.9. The lowest BCUT2D eigenvalue weighted by atomic mass is 10.0. The van der Waals surface area contributed by atoms with Crippen LogP contribution in [0.5, 0.6) is 5.75 Å². The Hall–Kier alpha value is -2.80. The predicted octanol–water partition coefficient (Wildman–Crippen LogP) is 3.00. The summed E-state index contributed by atoms with van der Waals surface area (Å²) in [5.74, 6) is 0.994. The van der Waals surface area contributed by atoms with Crippen molar-refractivity contribution < 1.29 is 18.7 Å². The van der Waals surface area contributed by atoms with E-state index in [9.17, 15) is 9.59 Å². The number of carbonyl (C=O) groups excluding carboxylic acids is 2. The molecule has 2 aromatic rings. The normalized spacial score (nSPS) is 16.3. The number of nitrogens with zero attached hydrogens (tertiary/aromatic N) is 1. The SMILES string of the molecule is COc1ccc(C(=O)NC(C(=O)NCC(c2ccco2)N2CCCC2)C(C)C)cc1. The summed E-state index contributed by atoms with van der Waals surface area (Å²) in [7, 11) is 1.58. The molecule has 1 aliphatic heterocycles. The predicted molar refractivity (Wildman–Crippen MR) is 114 cm³/mol. The average molecular weight is 414 g/mol. The Morgan fingerprint density at radius 2 is 1.83 bits per heavy atom. The summed E-state index contributed by atoms with van der Waals surface area (Å²) in [4.78, 5) is 27.9. The second-order valence-corrected chi connectivity index (χ2v) is 7.94. The number of benzene rings is 1. The monoisotopic (exact) mass is 413 g/mol. The summed E-state index contributed by atoms with van der Waals surface area (Å²) in [6, 6.07) is 10.00. The van der Waals surface area contributed by atoms with Gasteiger partial charge >= 0.3 is 0 Å². The van der Waals surface area contributed by atoms with E-state index in [4.69, 9.17) is 9.15 Å². The third kappa shape index (κ3) is 5.42. The summed E-state index contributed by atoms with van der Waals surface area (Å²) in [6.45, 7) is 6.26. The summed E-state index contributed by atoms with van der Waals surface area (Å²) in [6.07, 6.45) is 3.96. The number of hydrogen-bond acceptors (Lipinski definition) is 5. The molecule has 0 bridgehead atoms. The molecule has 1 aliphatic rings. The van der Waals surface area contributed by atoms with E-state index >= 15 is 0 Å². The molecule has 1 fully saturated rings. The fraction of sp³-hybridized carbons (Fsp3) is 0.478. The van der Waals surface area contributed by atoms with Crippen molar-refractivity contribution in [2.24, 2.45) is 5.92 Å². The number of ether oxygens (including phenoxy) is 1. The van der Waals surface area contributed by atoms with E-state index in [-0.39, 0.29) is 23.8 Å². The van der Waals surface area contributed by atoms with Crippen molar-refractivity contribution >= 4 is 11.8 Å². The lowest BCUT2D eigenvalue weighted by Gasteiger charge is -2.28. The van der Waals surface area contributed by atoms with Gasteiger partial charge in [0.1, 0.15) is 17.6 Å². The zero-order valence-corrected chi connectivity index (χ0v) is 17.9. The van der Waals surface area contributed by atoms with Gasteiger partial charge in [-0.25, -0.2) is 0 Å². The highest BCUT2D eigenvalue weighted by Crippen LogP contribution is 2.25. The quantitative estimate of drug-likeness (QED) is 0.660. The zero-order valence-electron chi connectivity index (χ0n) is 17.9. The number of amides is 2. The van der Waals surface area contributed by atoms with Gasteiger partial charge in [0.15, 0.2) is 0 Å². The molecule has 2 N–H and O–H groups in total. The Morgan fingerprint density at radius 3 is 2.40 bits per heavy atom. The van der Waals surface area contributed by atoms with Crippen LogP contribution in [0.2, 0.25) is 0 Å². The van der Waals surface area contributed by atoms with Gasteiger partial charge < -0.3 is 19.8 Å². The Kier molecular flexibility index (Phi) is 7.52.